The zero-order valence-corrected chi connectivity index (χ0v) is 12.2. The zero-order chi connectivity index (χ0) is 14.4. The van der Waals surface area contributed by atoms with Crippen LogP contribution in [-0.4, -0.2) is 41.6 Å². The predicted octanol–water partition coefficient (Wildman–Crippen LogP) is 2.07. The molecule has 5 heteroatoms. The molecular weight excluding hydrogens is 256 g/mol. The molecule has 1 aliphatic heterocycles. The van der Waals surface area contributed by atoms with Crippen LogP contribution < -0.4 is 5.32 Å². The minimum Gasteiger partial charge on any atom is -0.481 e. The second kappa shape index (κ2) is 4.64. The highest BCUT2D eigenvalue weighted by Crippen LogP contribution is 2.60. The quantitative estimate of drug-likeness (QED) is 0.828. The van der Waals surface area contributed by atoms with Crippen molar-refractivity contribution in [3.8, 4) is 0 Å². The number of aliphatic carboxylic acids is 1. The first-order valence-corrected chi connectivity index (χ1v) is 7.71. The van der Waals surface area contributed by atoms with Crippen LogP contribution in [0.4, 0.5) is 4.79 Å². The van der Waals surface area contributed by atoms with E-state index in [0.717, 1.165) is 12.5 Å². The number of urea groups is 1. The van der Waals surface area contributed by atoms with E-state index in [1.54, 1.807) is 11.8 Å². The van der Waals surface area contributed by atoms with Crippen molar-refractivity contribution in [2.75, 3.05) is 19.6 Å². The van der Waals surface area contributed by atoms with E-state index in [0.29, 0.717) is 31.3 Å². The molecule has 2 amide bonds. The van der Waals surface area contributed by atoms with Crippen LogP contribution in [0.3, 0.4) is 0 Å². The number of nitrogens with one attached hydrogen (secondary N) is 1. The highest BCUT2D eigenvalue weighted by Gasteiger charge is 2.53. The number of amides is 2. The summed E-state index contributed by atoms with van der Waals surface area (Å²) in [4.78, 5) is 25.1. The van der Waals surface area contributed by atoms with E-state index in [4.69, 9.17) is 0 Å². The molecule has 2 aliphatic carbocycles. The highest BCUT2D eigenvalue weighted by molar-refractivity contribution is 5.77. The minimum absolute atomic E-state index is 0.00985. The number of rotatable bonds is 4. The van der Waals surface area contributed by atoms with Crippen LogP contribution >= 0.6 is 0 Å². The summed E-state index contributed by atoms with van der Waals surface area (Å²) in [5.74, 6) is 0.0997. The summed E-state index contributed by atoms with van der Waals surface area (Å²) < 4.78 is 0. The molecule has 0 aromatic rings. The van der Waals surface area contributed by atoms with Crippen molar-refractivity contribution in [1.82, 2.24) is 10.2 Å². The smallest absolute Gasteiger partial charge is 0.317 e. The number of carboxylic acid groups (broad SMARTS) is 1. The van der Waals surface area contributed by atoms with Gasteiger partial charge in [-0.05, 0) is 56.8 Å². The first-order valence-electron chi connectivity index (χ1n) is 7.71. The molecule has 20 heavy (non-hydrogen) atoms. The van der Waals surface area contributed by atoms with Gasteiger partial charge in [0.15, 0.2) is 0 Å². The van der Waals surface area contributed by atoms with E-state index in [-0.39, 0.29) is 6.03 Å². The third kappa shape index (κ3) is 2.50. The molecule has 1 heterocycles. The third-order valence-electron chi connectivity index (χ3n) is 5.60. The van der Waals surface area contributed by atoms with E-state index in [1.165, 1.54) is 25.7 Å². The van der Waals surface area contributed by atoms with Gasteiger partial charge in [0.25, 0.3) is 0 Å². The molecule has 2 saturated carbocycles. The molecule has 0 aromatic heterocycles. The van der Waals surface area contributed by atoms with Crippen LogP contribution in [0.15, 0.2) is 0 Å². The van der Waals surface area contributed by atoms with Crippen molar-refractivity contribution < 1.29 is 14.7 Å². The maximum Gasteiger partial charge on any atom is 0.317 e. The topological polar surface area (TPSA) is 69.6 Å². The second-order valence-electron chi connectivity index (χ2n) is 7.15. The first kappa shape index (κ1) is 13.7. The number of carboxylic acids is 1. The van der Waals surface area contributed by atoms with Gasteiger partial charge in [-0.25, -0.2) is 4.79 Å². The normalized spacial score (nSPS) is 26.9. The highest BCUT2D eigenvalue weighted by atomic mass is 16.4. The zero-order valence-electron chi connectivity index (χ0n) is 12.2. The van der Waals surface area contributed by atoms with Gasteiger partial charge in [-0.15, -0.1) is 0 Å². The summed E-state index contributed by atoms with van der Waals surface area (Å²) in [5, 5.41) is 12.3. The SMILES string of the molecule is CC1(C(=O)O)CCN(C(=O)NCC2(C3CC3)CC2)CC1. The van der Waals surface area contributed by atoms with Crippen LogP contribution in [0, 0.1) is 16.7 Å². The molecule has 3 fully saturated rings. The maximum atomic E-state index is 12.2. The van der Waals surface area contributed by atoms with Crippen molar-refractivity contribution in [3.63, 3.8) is 0 Å². The Kier molecular flexibility index (Phi) is 3.18. The molecule has 3 aliphatic rings. The Morgan fingerprint density at radius 3 is 2.25 bits per heavy atom. The second-order valence-corrected chi connectivity index (χ2v) is 7.15. The lowest BCUT2D eigenvalue weighted by Crippen LogP contribution is -2.49. The van der Waals surface area contributed by atoms with Crippen molar-refractivity contribution in [1.29, 1.82) is 0 Å². The molecule has 1 saturated heterocycles. The standard InChI is InChI=1S/C15H24N2O3/c1-14(12(18)19)6-8-17(9-7-14)13(20)16-10-15(4-5-15)11-2-3-11/h11H,2-10H2,1H3,(H,16,20)(H,18,19). The van der Waals surface area contributed by atoms with E-state index in [1.807, 2.05) is 0 Å². The van der Waals surface area contributed by atoms with Gasteiger partial charge in [-0.3, -0.25) is 4.79 Å². The Hall–Kier alpha value is -1.26. The largest absolute Gasteiger partial charge is 0.481 e. The summed E-state index contributed by atoms with van der Waals surface area (Å²) in [5.41, 5.74) is -0.246. The summed E-state index contributed by atoms with van der Waals surface area (Å²) >= 11 is 0. The predicted molar refractivity (Wildman–Crippen MR) is 74.3 cm³/mol. The average Bonchev–Trinajstić information content (AvgIpc) is 3.28. The van der Waals surface area contributed by atoms with Gasteiger partial charge in [0.2, 0.25) is 0 Å². The van der Waals surface area contributed by atoms with Gasteiger partial charge in [-0.2, -0.15) is 0 Å². The number of hydrogen-bond donors (Lipinski definition) is 2. The molecule has 0 unspecified atom stereocenters. The molecule has 5 nitrogen and oxygen atoms in total. The lowest BCUT2D eigenvalue weighted by atomic mass is 9.80. The van der Waals surface area contributed by atoms with Crippen LogP contribution in [0.25, 0.3) is 0 Å². The number of likely N-dealkylation sites (tertiary alicyclic amines) is 1. The number of hydrogen-bond acceptors (Lipinski definition) is 2. The maximum absolute atomic E-state index is 12.2. The van der Waals surface area contributed by atoms with E-state index < -0.39 is 11.4 Å². The molecule has 3 rings (SSSR count). The summed E-state index contributed by atoms with van der Waals surface area (Å²) in [7, 11) is 0. The van der Waals surface area contributed by atoms with Gasteiger partial charge >= 0.3 is 12.0 Å². The monoisotopic (exact) mass is 280 g/mol. The lowest BCUT2D eigenvalue weighted by Gasteiger charge is -2.36. The molecule has 0 aromatic carbocycles. The number of carbonyl (C=O) groups is 2. The van der Waals surface area contributed by atoms with Gasteiger partial charge in [0.05, 0.1) is 5.41 Å². The van der Waals surface area contributed by atoms with Crippen molar-refractivity contribution >= 4 is 12.0 Å². The number of piperidine rings is 1. The molecule has 112 valence electrons. The fourth-order valence-electron chi connectivity index (χ4n) is 3.37. The molecule has 0 spiro atoms. The molecule has 0 atom stereocenters. The Labute approximate surface area is 119 Å². The van der Waals surface area contributed by atoms with Crippen molar-refractivity contribution in [2.24, 2.45) is 16.7 Å². The van der Waals surface area contributed by atoms with E-state index >= 15 is 0 Å². The summed E-state index contributed by atoms with van der Waals surface area (Å²) in [6.45, 7) is 3.68. The van der Waals surface area contributed by atoms with Crippen molar-refractivity contribution in [3.05, 3.63) is 0 Å². The van der Waals surface area contributed by atoms with Gasteiger partial charge in [-0.1, -0.05) is 0 Å². The van der Waals surface area contributed by atoms with Crippen LogP contribution in [-0.2, 0) is 4.79 Å². The molecule has 0 bridgehead atoms. The fourth-order valence-corrected chi connectivity index (χ4v) is 3.37. The Morgan fingerprint density at radius 2 is 1.80 bits per heavy atom. The lowest BCUT2D eigenvalue weighted by molar-refractivity contribution is -0.150. The number of nitrogens with zero attached hydrogens (tertiary/aromatic N) is 1. The Bertz CT molecular complexity index is 419. The van der Waals surface area contributed by atoms with Crippen LogP contribution in [0.2, 0.25) is 0 Å². The first-order chi connectivity index (χ1) is 9.45. The average molecular weight is 280 g/mol. The fraction of sp³-hybridized carbons (Fsp3) is 0.867. The summed E-state index contributed by atoms with van der Waals surface area (Å²) in [6.07, 6.45) is 6.27. The van der Waals surface area contributed by atoms with E-state index in [9.17, 15) is 14.7 Å². The van der Waals surface area contributed by atoms with Gasteiger partial charge < -0.3 is 15.3 Å². The van der Waals surface area contributed by atoms with Crippen molar-refractivity contribution in [2.45, 2.75) is 45.4 Å². The van der Waals surface area contributed by atoms with E-state index in [2.05, 4.69) is 5.32 Å². The molecular formula is C15H24N2O3. The number of carbonyl (C=O) groups excluding carboxylic acids is 1. The molecule has 0 radical (unpaired) electrons. The Balaban J connectivity index is 1.46. The molecule has 2 N–H and O–H groups in total. The Morgan fingerprint density at radius 1 is 1.20 bits per heavy atom. The minimum atomic E-state index is -0.747. The third-order valence-corrected chi connectivity index (χ3v) is 5.60. The van der Waals surface area contributed by atoms with Gasteiger partial charge in [0.1, 0.15) is 0 Å². The van der Waals surface area contributed by atoms with Gasteiger partial charge in [0, 0.05) is 19.6 Å². The van der Waals surface area contributed by atoms with Crippen LogP contribution in [0.1, 0.15) is 45.4 Å². The summed E-state index contributed by atoms with van der Waals surface area (Å²) in [6, 6.07) is -0.00985. The van der Waals surface area contributed by atoms with Crippen LogP contribution in [0.5, 0.6) is 0 Å².